The Kier molecular flexibility index (Phi) is 2.82. The first-order valence-electron chi connectivity index (χ1n) is 7.57. The van der Waals surface area contributed by atoms with Gasteiger partial charge in [0.15, 0.2) is 5.67 Å². The van der Waals surface area contributed by atoms with Crippen LogP contribution in [0.4, 0.5) is 4.39 Å². The predicted octanol–water partition coefficient (Wildman–Crippen LogP) is 1.10. The molecule has 1 aromatic heterocycles. The second-order valence-corrected chi connectivity index (χ2v) is 6.56. The Morgan fingerprint density at radius 2 is 2.05 bits per heavy atom. The zero-order chi connectivity index (χ0) is 14.5. The molecule has 21 heavy (non-hydrogen) atoms. The van der Waals surface area contributed by atoms with Gasteiger partial charge < -0.3 is 14.2 Å². The van der Waals surface area contributed by atoms with Crippen LogP contribution in [0.25, 0.3) is 0 Å². The minimum absolute atomic E-state index is 0.207. The van der Waals surface area contributed by atoms with E-state index in [1.807, 2.05) is 4.57 Å². The summed E-state index contributed by atoms with van der Waals surface area (Å²) in [6.07, 6.45) is 6.56. The number of carbonyl (C=O) groups excluding carboxylic acids is 1. The SMILES string of the molecule is O=C(N1CCC2(CC(n3cnnc3)CO2)C1)C1(F)CCC1. The van der Waals surface area contributed by atoms with Crippen molar-refractivity contribution in [1.29, 1.82) is 0 Å². The average Bonchev–Trinajstić information content (AvgIpc) is 3.16. The molecule has 1 saturated carbocycles. The van der Waals surface area contributed by atoms with Gasteiger partial charge in [0.2, 0.25) is 0 Å². The van der Waals surface area contributed by atoms with Crippen LogP contribution in [0.3, 0.4) is 0 Å². The standard InChI is InChI=1S/C14H19FN4O2/c15-14(2-1-3-14)12(20)18-5-4-13(8-18)6-11(7-21-13)19-9-16-17-10-19/h9-11H,1-8H2. The zero-order valence-corrected chi connectivity index (χ0v) is 11.9. The van der Waals surface area contributed by atoms with Crippen LogP contribution in [0, 0.1) is 0 Å². The fraction of sp³-hybridized carbons (Fsp3) is 0.786. The predicted molar refractivity (Wildman–Crippen MR) is 71.2 cm³/mol. The van der Waals surface area contributed by atoms with Crippen LogP contribution in [0.1, 0.15) is 38.1 Å². The summed E-state index contributed by atoms with van der Waals surface area (Å²) in [7, 11) is 0. The molecule has 1 spiro atoms. The molecule has 2 aliphatic heterocycles. The number of carbonyl (C=O) groups is 1. The van der Waals surface area contributed by atoms with Gasteiger partial charge in [-0.15, -0.1) is 10.2 Å². The van der Waals surface area contributed by atoms with Gasteiger partial charge in [-0.2, -0.15) is 0 Å². The van der Waals surface area contributed by atoms with Gasteiger partial charge in [-0.1, -0.05) is 0 Å². The van der Waals surface area contributed by atoms with Gasteiger partial charge in [-0.3, -0.25) is 4.79 Å². The van der Waals surface area contributed by atoms with Gasteiger partial charge >= 0.3 is 0 Å². The highest BCUT2D eigenvalue weighted by Gasteiger charge is 2.52. The molecule has 1 aliphatic carbocycles. The summed E-state index contributed by atoms with van der Waals surface area (Å²) >= 11 is 0. The Morgan fingerprint density at radius 1 is 1.29 bits per heavy atom. The van der Waals surface area contributed by atoms with Crippen LogP contribution in [-0.4, -0.2) is 56.5 Å². The van der Waals surface area contributed by atoms with Crippen LogP contribution >= 0.6 is 0 Å². The van der Waals surface area contributed by atoms with Crippen molar-refractivity contribution >= 4 is 5.91 Å². The Hall–Kier alpha value is -1.50. The molecule has 0 radical (unpaired) electrons. The number of likely N-dealkylation sites (tertiary alicyclic amines) is 1. The lowest BCUT2D eigenvalue weighted by atomic mass is 9.81. The molecule has 7 heteroatoms. The molecule has 6 nitrogen and oxygen atoms in total. The smallest absolute Gasteiger partial charge is 0.260 e. The fourth-order valence-electron chi connectivity index (χ4n) is 3.70. The van der Waals surface area contributed by atoms with Gasteiger partial charge in [0, 0.05) is 19.5 Å². The van der Waals surface area contributed by atoms with Crippen molar-refractivity contribution in [2.75, 3.05) is 19.7 Å². The van der Waals surface area contributed by atoms with Gasteiger partial charge in [0.25, 0.3) is 5.91 Å². The van der Waals surface area contributed by atoms with Gasteiger partial charge in [0.1, 0.15) is 12.7 Å². The molecule has 3 fully saturated rings. The van der Waals surface area contributed by atoms with E-state index < -0.39 is 5.67 Å². The maximum Gasteiger partial charge on any atom is 0.260 e. The largest absolute Gasteiger partial charge is 0.371 e. The van der Waals surface area contributed by atoms with Crippen molar-refractivity contribution < 1.29 is 13.9 Å². The van der Waals surface area contributed by atoms with Gasteiger partial charge in [0.05, 0.1) is 18.2 Å². The molecular weight excluding hydrogens is 275 g/mol. The van der Waals surface area contributed by atoms with Crippen molar-refractivity contribution in [1.82, 2.24) is 19.7 Å². The minimum atomic E-state index is -1.60. The number of halogens is 1. The van der Waals surface area contributed by atoms with Crippen molar-refractivity contribution in [3.8, 4) is 0 Å². The van der Waals surface area contributed by atoms with Crippen LogP contribution in [-0.2, 0) is 9.53 Å². The summed E-state index contributed by atoms with van der Waals surface area (Å²) in [4.78, 5) is 13.9. The van der Waals surface area contributed by atoms with Crippen molar-refractivity contribution in [3.05, 3.63) is 12.7 Å². The van der Waals surface area contributed by atoms with Crippen molar-refractivity contribution in [2.45, 2.75) is 49.4 Å². The topological polar surface area (TPSA) is 60.2 Å². The van der Waals surface area contributed by atoms with Crippen LogP contribution < -0.4 is 0 Å². The van der Waals surface area contributed by atoms with E-state index in [4.69, 9.17) is 4.74 Å². The number of ether oxygens (including phenoxy) is 1. The highest BCUT2D eigenvalue weighted by molar-refractivity contribution is 5.86. The maximum atomic E-state index is 14.3. The second kappa shape index (κ2) is 4.50. The number of hydrogen-bond acceptors (Lipinski definition) is 4. The molecule has 2 saturated heterocycles. The summed E-state index contributed by atoms with van der Waals surface area (Å²) in [6, 6.07) is 0.207. The highest BCUT2D eigenvalue weighted by Crippen LogP contribution is 2.43. The minimum Gasteiger partial charge on any atom is -0.371 e. The van der Waals surface area contributed by atoms with E-state index in [1.54, 1.807) is 17.6 Å². The number of hydrogen-bond donors (Lipinski definition) is 0. The quantitative estimate of drug-likeness (QED) is 0.819. The van der Waals surface area contributed by atoms with E-state index in [-0.39, 0.29) is 17.6 Å². The number of aromatic nitrogens is 3. The molecule has 0 N–H and O–H groups in total. The normalized spacial score (nSPS) is 34.3. The third-order valence-corrected chi connectivity index (χ3v) is 5.18. The Balaban J connectivity index is 1.43. The van der Waals surface area contributed by atoms with Crippen LogP contribution in [0.2, 0.25) is 0 Å². The molecular formula is C14H19FN4O2. The number of nitrogens with zero attached hydrogens (tertiary/aromatic N) is 4. The third kappa shape index (κ3) is 2.06. The van der Waals surface area contributed by atoms with E-state index in [0.717, 1.165) is 19.3 Å². The van der Waals surface area contributed by atoms with E-state index in [0.29, 0.717) is 32.5 Å². The summed E-state index contributed by atoms with van der Waals surface area (Å²) in [5, 5.41) is 7.64. The summed E-state index contributed by atoms with van der Waals surface area (Å²) in [6.45, 7) is 1.70. The van der Waals surface area contributed by atoms with Crippen LogP contribution in [0.5, 0.6) is 0 Å². The summed E-state index contributed by atoms with van der Waals surface area (Å²) in [5.41, 5.74) is -1.91. The molecule has 3 heterocycles. The number of alkyl halides is 1. The zero-order valence-electron chi connectivity index (χ0n) is 11.9. The Bertz CT molecular complexity index is 545. The molecule has 0 bridgehead atoms. The van der Waals surface area contributed by atoms with Gasteiger partial charge in [-0.25, -0.2) is 4.39 Å². The molecule has 0 aromatic carbocycles. The summed E-state index contributed by atoms with van der Waals surface area (Å²) < 4.78 is 22.2. The lowest BCUT2D eigenvalue weighted by Gasteiger charge is -2.36. The fourth-order valence-corrected chi connectivity index (χ4v) is 3.70. The number of amides is 1. The highest BCUT2D eigenvalue weighted by atomic mass is 19.1. The van der Waals surface area contributed by atoms with E-state index >= 15 is 0 Å². The van der Waals surface area contributed by atoms with E-state index in [9.17, 15) is 9.18 Å². The Labute approximate surface area is 122 Å². The maximum absolute atomic E-state index is 14.3. The number of rotatable bonds is 2. The molecule has 114 valence electrons. The first kappa shape index (κ1) is 13.2. The molecule has 2 unspecified atom stereocenters. The second-order valence-electron chi connectivity index (χ2n) is 6.56. The Morgan fingerprint density at radius 3 is 2.71 bits per heavy atom. The van der Waals surface area contributed by atoms with Crippen molar-refractivity contribution in [3.63, 3.8) is 0 Å². The molecule has 1 aromatic rings. The molecule has 1 amide bonds. The average molecular weight is 294 g/mol. The third-order valence-electron chi connectivity index (χ3n) is 5.18. The first-order valence-corrected chi connectivity index (χ1v) is 7.57. The molecule has 4 rings (SSSR count). The van der Waals surface area contributed by atoms with Crippen molar-refractivity contribution in [2.24, 2.45) is 0 Å². The van der Waals surface area contributed by atoms with Crippen LogP contribution in [0.15, 0.2) is 12.7 Å². The molecule has 3 aliphatic rings. The monoisotopic (exact) mass is 294 g/mol. The lowest BCUT2D eigenvalue weighted by molar-refractivity contribution is -0.149. The van der Waals surface area contributed by atoms with E-state index in [2.05, 4.69) is 10.2 Å². The summed E-state index contributed by atoms with van der Waals surface area (Å²) in [5.74, 6) is -0.332. The van der Waals surface area contributed by atoms with E-state index in [1.165, 1.54) is 0 Å². The van der Waals surface area contributed by atoms with Gasteiger partial charge in [-0.05, 0) is 25.7 Å². The molecule has 2 atom stereocenters. The lowest BCUT2D eigenvalue weighted by Crippen LogP contribution is -2.50. The first-order chi connectivity index (χ1) is 10.1.